The molecule has 0 saturated carbocycles. The first-order valence-corrected chi connectivity index (χ1v) is 7.61. The average molecular weight is 339 g/mol. The van der Waals surface area contributed by atoms with Gasteiger partial charge in [0.2, 0.25) is 0 Å². The summed E-state index contributed by atoms with van der Waals surface area (Å²) in [5.74, 6) is -1.04. The summed E-state index contributed by atoms with van der Waals surface area (Å²) < 4.78 is 26.5. The number of benzene rings is 2. The summed E-state index contributed by atoms with van der Waals surface area (Å²) in [5, 5.41) is 5.70. The number of halogens is 2. The van der Waals surface area contributed by atoms with E-state index in [4.69, 9.17) is 0 Å². The smallest absolute Gasteiger partial charge is 0.257 e. The molecule has 3 aromatic rings. The van der Waals surface area contributed by atoms with E-state index < -0.39 is 0 Å². The first-order chi connectivity index (χ1) is 12.1. The predicted octanol–water partition coefficient (Wildman–Crippen LogP) is 4.22. The van der Waals surface area contributed by atoms with Crippen LogP contribution in [-0.2, 0) is 6.54 Å². The fourth-order valence-corrected chi connectivity index (χ4v) is 2.24. The zero-order valence-electron chi connectivity index (χ0n) is 13.2. The number of amides is 1. The molecule has 0 aliphatic rings. The van der Waals surface area contributed by atoms with Crippen LogP contribution in [0.4, 0.5) is 20.2 Å². The molecule has 0 unspecified atom stereocenters. The molecule has 4 nitrogen and oxygen atoms in total. The molecule has 0 saturated heterocycles. The molecule has 0 bridgehead atoms. The fourth-order valence-electron chi connectivity index (χ4n) is 2.24. The molecule has 6 heteroatoms. The standard InChI is InChI=1S/C19H15F2N3O/c20-15-5-7-16(8-6-15)24-19(25)14-9-17(12-22-10-14)23-11-13-3-1-2-4-18(13)21/h1-10,12,23H,11H2,(H,24,25). The lowest BCUT2D eigenvalue weighted by Crippen LogP contribution is -2.13. The maximum absolute atomic E-state index is 13.6. The van der Waals surface area contributed by atoms with Crippen LogP contribution in [0.2, 0.25) is 0 Å². The second-order valence-corrected chi connectivity index (χ2v) is 5.37. The number of carbonyl (C=O) groups is 1. The monoisotopic (exact) mass is 339 g/mol. The molecule has 0 aliphatic heterocycles. The van der Waals surface area contributed by atoms with Crippen LogP contribution < -0.4 is 10.6 Å². The number of aromatic nitrogens is 1. The number of hydrogen-bond acceptors (Lipinski definition) is 3. The topological polar surface area (TPSA) is 54.0 Å². The second kappa shape index (κ2) is 7.53. The second-order valence-electron chi connectivity index (χ2n) is 5.37. The molecule has 126 valence electrons. The molecular weight excluding hydrogens is 324 g/mol. The van der Waals surface area contributed by atoms with Crippen LogP contribution >= 0.6 is 0 Å². The van der Waals surface area contributed by atoms with Crippen LogP contribution in [-0.4, -0.2) is 10.9 Å². The molecule has 0 atom stereocenters. The first-order valence-electron chi connectivity index (χ1n) is 7.61. The maximum Gasteiger partial charge on any atom is 0.257 e. The van der Waals surface area contributed by atoms with Gasteiger partial charge in [0.1, 0.15) is 11.6 Å². The molecule has 1 aromatic heterocycles. The minimum Gasteiger partial charge on any atom is -0.380 e. The van der Waals surface area contributed by atoms with Gasteiger partial charge in [0, 0.05) is 30.2 Å². The summed E-state index contributed by atoms with van der Waals surface area (Å²) >= 11 is 0. The summed E-state index contributed by atoms with van der Waals surface area (Å²) in [6.45, 7) is 0.275. The van der Waals surface area contributed by atoms with E-state index in [9.17, 15) is 13.6 Å². The molecule has 1 heterocycles. The lowest BCUT2D eigenvalue weighted by atomic mass is 10.2. The highest BCUT2D eigenvalue weighted by Gasteiger charge is 2.08. The predicted molar refractivity (Wildman–Crippen MR) is 92.3 cm³/mol. The van der Waals surface area contributed by atoms with Crippen LogP contribution in [0.3, 0.4) is 0 Å². The van der Waals surface area contributed by atoms with Crippen molar-refractivity contribution in [3.8, 4) is 0 Å². The van der Waals surface area contributed by atoms with E-state index in [-0.39, 0.29) is 24.1 Å². The molecule has 2 N–H and O–H groups in total. The highest BCUT2D eigenvalue weighted by Crippen LogP contribution is 2.14. The Morgan fingerprint density at radius 1 is 0.960 bits per heavy atom. The normalized spacial score (nSPS) is 10.3. The van der Waals surface area contributed by atoms with Crippen molar-refractivity contribution in [2.24, 2.45) is 0 Å². The number of pyridine rings is 1. The van der Waals surface area contributed by atoms with Gasteiger partial charge in [-0.2, -0.15) is 0 Å². The van der Waals surface area contributed by atoms with Crippen LogP contribution in [0.1, 0.15) is 15.9 Å². The Bertz CT molecular complexity index is 882. The Hall–Kier alpha value is -3.28. The number of rotatable bonds is 5. The van der Waals surface area contributed by atoms with Gasteiger partial charge in [-0.25, -0.2) is 8.78 Å². The Balaban J connectivity index is 1.67. The molecule has 0 radical (unpaired) electrons. The van der Waals surface area contributed by atoms with Gasteiger partial charge in [0.05, 0.1) is 11.3 Å². The number of nitrogens with zero attached hydrogens (tertiary/aromatic N) is 1. The van der Waals surface area contributed by atoms with Gasteiger partial charge in [-0.3, -0.25) is 9.78 Å². The van der Waals surface area contributed by atoms with E-state index in [1.807, 2.05) is 0 Å². The van der Waals surface area contributed by atoms with Crippen molar-refractivity contribution in [1.29, 1.82) is 0 Å². The highest BCUT2D eigenvalue weighted by molar-refractivity contribution is 6.04. The van der Waals surface area contributed by atoms with Crippen LogP contribution in [0.5, 0.6) is 0 Å². The largest absolute Gasteiger partial charge is 0.380 e. The van der Waals surface area contributed by atoms with Gasteiger partial charge in [-0.1, -0.05) is 18.2 Å². The van der Waals surface area contributed by atoms with E-state index in [0.29, 0.717) is 22.5 Å². The summed E-state index contributed by atoms with van der Waals surface area (Å²) in [6.07, 6.45) is 2.97. The van der Waals surface area contributed by atoms with Gasteiger partial charge in [-0.05, 0) is 36.4 Å². The lowest BCUT2D eigenvalue weighted by molar-refractivity contribution is 0.102. The summed E-state index contributed by atoms with van der Waals surface area (Å²) in [6, 6.07) is 13.5. The number of nitrogens with one attached hydrogen (secondary N) is 2. The zero-order valence-corrected chi connectivity index (χ0v) is 13.2. The molecule has 0 spiro atoms. The third kappa shape index (κ3) is 4.38. The molecule has 25 heavy (non-hydrogen) atoms. The van der Waals surface area contributed by atoms with Crippen molar-refractivity contribution in [2.45, 2.75) is 6.54 Å². The van der Waals surface area contributed by atoms with Gasteiger partial charge in [0.15, 0.2) is 0 Å². The van der Waals surface area contributed by atoms with Gasteiger partial charge >= 0.3 is 0 Å². The van der Waals surface area contributed by atoms with Crippen molar-refractivity contribution in [2.75, 3.05) is 10.6 Å². The number of carbonyl (C=O) groups excluding carboxylic acids is 1. The third-order valence-corrected chi connectivity index (χ3v) is 3.54. The van der Waals surface area contributed by atoms with Crippen molar-refractivity contribution in [1.82, 2.24) is 4.98 Å². The van der Waals surface area contributed by atoms with E-state index in [0.717, 1.165) is 0 Å². The summed E-state index contributed by atoms with van der Waals surface area (Å²) in [4.78, 5) is 16.3. The average Bonchev–Trinajstić information content (AvgIpc) is 2.63. The number of hydrogen-bond donors (Lipinski definition) is 2. The highest BCUT2D eigenvalue weighted by atomic mass is 19.1. The van der Waals surface area contributed by atoms with Gasteiger partial charge in [0.25, 0.3) is 5.91 Å². The first kappa shape index (κ1) is 16.6. The Morgan fingerprint density at radius 2 is 1.72 bits per heavy atom. The van der Waals surface area contributed by atoms with Crippen LogP contribution in [0.15, 0.2) is 67.0 Å². The minimum atomic E-state index is -0.376. The van der Waals surface area contributed by atoms with Crippen molar-refractivity contribution < 1.29 is 13.6 Å². The summed E-state index contributed by atoms with van der Waals surface area (Å²) in [7, 11) is 0. The molecular formula is C19H15F2N3O. The quantitative estimate of drug-likeness (QED) is 0.732. The molecule has 3 rings (SSSR count). The van der Waals surface area contributed by atoms with Crippen molar-refractivity contribution >= 4 is 17.3 Å². The van der Waals surface area contributed by atoms with Gasteiger partial charge in [-0.15, -0.1) is 0 Å². The van der Waals surface area contributed by atoms with E-state index in [1.165, 1.54) is 36.5 Å². The van der Waals surface area contributed by atoms with Crippen LogP contribution in [0, 0.1) is 11.6 Å². The van der Waals surface area contributed by atoms with Crippen molar-refractivity contribution in [3.05, 3.63) is 89.8 Å². The molecule has 0 aliphatic carbocycles. The summed E-state index contributed by atoms with van der Waals surface area (Å²) in [5.41, 5.74) is 1.93. The minimum absolute atomic E-state index is 0.275. The Morgan fingerprint density at radius 3 is 2.48 bits per heavy atom. The molecule has 1 amide bonds. The SMILES string of the molecule is O=C(Nc1ccc(F)cc1)c1cncc(NCc2ccccc2F)c1. The third-order valence-electron chi connectivity index (χ3n) is 3.54. The van der Waals surface area contributed by atoms with Crippen molar-refractivity contribution in [3.63, 3.8) is 0 Å². The van der Waals surface area contributed by atoms with Gasteiger partial charge < -0.3 is 10.6 Å². The lowest BCUT2D eigenvalue weighted by Gasteiger charge is -2.09. The van der Waals surface area contributed by atoms with E-state index in [2.05, 4.69) is 15.6 Å². The molecule has 0 fully saturated rings. The maximum atomic E-state index is 13.6. The Labute approximate surface area is 143 Å². The number of anilines is 2. The van der Waals surface area contributed by atoms with E-state index in [1.54, 1.807) is 30.5 Å². The molecule has 2 aromatic carbocycles. The van der Waals surface area contributed by atoms with Crippen LogP contribution in [0.25, 0.3) is 0 Å². The Kier molecular flexibility index (Phi) is 4.99. The van der Waals surface area contributed by atoms with E-state index >= 15 is 0 Å². The zero-order chi connectivity index (χ0) is 17.6. The fraction of sp³-hybridized carbons (Fsp3) is 0.0526.